The van der Waals surface area contributed by atoms with Gasteiger partial charge in [0.1, 0.15) is 0 Å². The molecular formula is H2CdFeO3. The van der Waals surface area contributed by atoms with Gasteiger partial charge in [-0.05, 0) is 0 Å². The summed E-state index contributed by atoms with van der Waals surface area (Å²) in [5.74, 6) is 0. The van der Waals surface area contributed by atoms with Gasteiger partial charge in [-0.2, -0.15) is 0 Å². The van der Waals surface area contributed by atoms with Crippen molar-refractivity contribution >= 4 is 0 Å². The minimum absolute atomic E-state index is 0. The second kappa shape index (κ2) is 18.4. The van der Waals surface area contributed by atoms with Crippen LogP contribution in [0.1, 0.15) is 0 Å². The van der Waals surface area contributed by atoms with Gasteiger partial charge in [0.2, 0.25) is 0 Å². The summed E-state index contributed by atoms with van der Waals surface area (Å²) in [6, 6.07) is 0. The Balaban J connectivity index is -0.0000000200. The Morgan fingerprint density at radius 2 is 1.20 bits per heavy atom. The van der Waals surface area contributed by atoms with E-state index in [1.807, 2.05) is 0 Å². The van der Waals surface area contributed by atoms with Crippen molar-refractivity contribution in [2.75, 3.05) is 0 Å². The fraction of sp³-hybridized carbons (Fsp3) is 0. The Morgan fingerprint density at radius 1 is 1.20 bits per heavy atom. The van der Waals surface area contributed by atoms with Gasteiger partial charge in [-0.1, -0.05) is 5.04 Å². The zero-order valence-corrected chi connectivity index (χ0v) is 7.50. The molecule has 0 aliphatic carbocycles. The minimum atomic E-state index is 0. The maximum absolute atomic E-state index is 6.62. The van der Waals surface area contributed by atoms with E-state index in [9.17, 15) is 0 Å². The summed E-state index contributed by atoms with van der Waals surface area (Å²) in [6.45, 7) is 0. The zero-order valence-electron chi connectivity index (χ0n) is 2.36. The fourth-order valence-electron chi connectivity index (χ4n) is 0. The van der Waals surface area contributed by atoms with E-state index in [0.717, 1.165) is 0 Å². The summed E-state index contributed by atoms with van der Waals surface area (Å²) < 4.78 is 0. The van der Waals surface area contributed by atoms with Crippen molar-refractivity contribution in [1.29, 1.82) is 0 Å². The first-order valence-electron chi connectivity index (χ1n) is 0.365. The normalized spacial score (nSPS) is 3.60. The van der Waals surface area contributed by atoms with Crippen LogP contribution in [0.5, 0.6) is 0 Å². The second-order valence-corrected chi connectivity index (χ2v) is 0.0816. The third-order valence-electron chi connectivity index (χ3n) is 0. The monoisotopic (exact) mass is 220 g/mol. The van der Waals surface area contributed by atoms with E-state index in [2.05, 4.69) is 5.04 Å². The first-order chi connectivity index (χ1) is 1.41. The molecule has 0 aliphatic heterocycles. The molecule has 0 saturated heterocycles. The van der Waals surface area contributed by atoms with E-state index in [4.69, 9.17) is 10.5 Å². The molecule has 0 atom stereocenters. The van der Waals surface area contributed by atoms with Crippen LogP contribution in [0.2, 0.25) is 0 Å². The van der Waals surface area contributed by atoms with E-state index in [0.29, 0.717) is 0 Å². The van der Waals surface area contributed by atoms with Crippen LogP contribution in [-0.2, 0) is 49.4 Å². The summed E-state index contributed by atoms with van der Waals surface area (Å²) in [7, 11) is 0. The molecule has 0 saturated carbocycles. The van der Waals surface area contributed by atoms with E-state index in [-0.39, 0.29) is 44.4 Å². The molecule has 0 spiro atoms. The quantitative estimate of drug-likeness (QED) is 0.340. The molecular weight excluding hydrogens is 216 g/mol. The molecule has 0 unspecified atom stereocenters. The van der Waals surface area contributed by atoms with Crippen LogP contribution in [0.4, 0.5) is 0 Å². The van der Waals surface area contributed by atoms with E-state index >= 15 is 0 Å². The average Bonchev–Trinajstić information content (AvgIpc) is 0.918. The SMILES string of the molecule is OOO.[Cd].[Fe]. The molecule has 0 aliphatic rings. The van der Waals surface area contributed by atoms with Crippen LogP contribution in [0.3, 0.4) is 0 Å². The van der Waals surface area contributed by atoms with Crippen LogP contribution < -0.4 is 0 Å². The molecule has 5 heteroatoms. The van der Waals surface area contributed by atoms with Crippen LogP contribution in [0, 0.1) is 0 Å². The number of hydrogen-bond donors (Lipinski definition) is 2. The van der Waals surface area contributed by atoms with Gasteiger partial charge in [0.25, 0.3) is 0 Å². The smallest absolute Gasteiger partial charge is 0 e. The standard InChI is InChI=1S/Cd.Fe.H2O3/c;;1-3-2/h;;1-2H. The maximum Gasteiger partial charge on any atom is 0 e. The Kier molecular flexibility index (Phi) is 59.8. The summed E-state index contributed by atoms with van der Waals surface area (Å²) in [5, 5.41) is 15.5. The third-order valence-corrected chi connectivity index (χ3v) is 0. The van der Waals surface area contributed by atoms with Gasteiger partial charge < -0.3 is 0 Å². The summed E-state index contributed by atoms with van der Waals surface area (Å²) in [6.07, 6.45) is 0. The van der Waals surface area contributed by atoms with Crippen LogP contribution in [-0.4, -0.2) is 10.5 Å². The van der Waals surface area contributed by atoms with Crippen molar-refractivity contribution in [2.45, 2.75) is 0 Å². The molecule has 2 N–H and O–H groups in total. The first-order valence-corrected chi connectivity index (χ1v) is 0.365. The van der Waals surface area contributed by atoms with Crippen molar-refractivity contribution in [3.05, 3.63) is 0 Å². The molecule has 0 bridgehead atoms. The Morgan fingerprint density at radius 3 is 1.20 bits per heavy atom. The van der Waals surface area contributed by atoms with Crippen LogP contribution >= 0.6 is 0 Å². The average molecular weight is 218 g/mol. The molecule has 0 heterocycles. The van der Waals surface area contributed by atoms with Crippen LogP contribution in [0.25, 0.3) is 0 Å². The van der Waals surface area contributed by atoms with Gasteiger partial charge in [-0.3, -0.25) is 0 Å². The Labute approximate surface area is 59.8 Å². The maximum atomic E-state index is 6.62. The molecule has 0 aromatic carbocycles. The first kappa shape index (κ1) is 16.2. The van der Waals surface area contributed by atoms with Gasteiger partial charge in [-0.15, -0.1) is 0 Å². The second-order valence-electron chi connectivity index (χ2n) is 0.0816. The van der Waals surface area contributed by atoms with Crippen molar-refractivity contribution < 1.29 is 59.9 Å². The molecule has 0 aromatic rings. The van der Waals surface area contributed by atoms with E-state index in [1.165, 1.54) is 0 Å². The molecule has 30 valence electrons. The van der Waals surface area contributed by atoms with Crippen LogP contribution in [0.15, 0.2) is 0 Å². The zero-order chi connectivity index (χ0) is 2.71. The van der Waals surface area contributed by atoms with Crippen molar-refractivity contribution in [3.63, 3.8) is 0 Å². The number of rotatable bonds is 0. The van der Waals surface area contributed by atoms with Crippen molar-refractivity contribution in [3.8, 4) is 0 Å². The van der Waals surface area contributed by atoms with Gasteiger partial charge in [0, 0.05) is 44.4 Å². The summed E-state index contributed by atoms with van der Waals surface area (Å²) in [5.41, 5.74) is 0. The van der Waals surface area contributed by atoms with Gasteiger partial charge >= 0.3 is 0 Å². The van der Waals surface area contributed by atoms with Crippen molar-refractivity contribution in [1.82, 2.24) is 0 Å². The Bertz CT molecular complexity index is 6.85. The predicted octanol–water partition coefficient (Wildman–Crippen LogP) is -0.0560. The molecule has 0 aromatic heterocycles. The molecule has 3 nitrogen and oxygen atoms in total. The largest absolute Gasteiger partial charge is 0.221 e. The molecule has 5 heavy (non-hydrogen) atoms. The molecule has 0 fully saturated rings. The van der Waals surface area contributed by atoms with E-state index < -0.39 is 0 Å². The van der Waals surface area contributed by atoms with Gasteiger partial charge in [-0.25, -0.2) is 10.5 Å². The van der Waals surface area contributed by atoms with E-state index in [1.54, 1.807) is 0 Å². The minimum Gasteiger partial charge on any atom is -0.221 e. The Hall–Kier alpha value is 1.32. The molecule has 0 rings (SSSR count). The third kappa shape index (κ3) is 33.6. The molecule has 0 amide bonds. The van der Waals surface area contributed by atoms with Crippen molar-refractivity contribution in [2.24, 2.45) is 0 Å². The molecule has 0 radical (unpaired) electrons. The fourth-order valence-corrected chi connectivity index (χ4v) is 0. The topological polar surface area (TPSA) is 49.7 Å². The predicted molar refractivity (Wildman–Crippen MR) is 6.34 cm³/mol. The van der Waals surface area contributed by atoms with Gasteiger partial charge in [0.15, 0.2) is 0 Å². The number of hydrogen-bond acceptors (Lipinski definition) is 3. The van der Waals surface area contributed by atoms with Gasteiger partial charge in [0.05, 0.1) is 0 Å². The summed E-state index contributed by atoms with van der Waals surface area (Å²) >= 11 is 0. The summed E-state index contributed by atoms with van der Waals surface area (Å²) in [4.78, 5) is 0.